The van der Waals surface area contributed by atoms with E-state index in [1.54, 1.807) is 0 Å². The standard InChI is InChI=1S/C24H41N3OSi/c1-17-11-12-18(2)27(17)22-15-21(23(3,4)5)25-26(22)16-19-13-20(14-19)28-29(9,10)24(6,7)8/h11-12,15,19-20H,13-14,16H2,1-10H3. The summed E-state index contributed by atoms with van der Waals surface area (Å²) in [6.45, 7) is 23.7. The van der Waals surface area contributed by atoms with Gasteiger partial charge in [-0.15, -0.1) is 0 Å². The molecule has 5 heteroatoms. The van der Waals surface area contributed by atoms with E-state index in [9.17, 15) is 0 Å². The maximum absolute atomic E-state index is 6.61. The van der Waals surface area contributed by atoms with Crippen LogP contribution in [0.2, 0.25) is 18.1 Å². The Kier molecular flexibility index (Phi) is 5.72. The van der Waals surface area contributed by atoms with Gasteiger partial charge in [0.05, 0.1) is 5.69 Å². The van der Waals surface area contributed by atoms with Crippen molar-refractivity contribution in [3.05, 3.63) is 35.3 Å². The minimum absolute atomic E-state index is 0.0442. The first kappa shape index (κ1) is 22.4. The van der Waals surface area contributed by atoms with Gasteiger partial charge < -0.3 is 8.99 Å². The molecule has 0 unspecified atom stereocenters. The Labute approximate surface area is 178 Å². The quantitative estimate of drug-likeness (QED) is 0.530. The molecule has 0 atom stereocenters. The Balaban J connectivity index is 1.76. The fourth-order valence-electron chi connectivity index (χ4n) is 3.88. The van der Waals surface area contributed by atoms with Crippen LogP contribution < -0.4 is 0 Å². The van der Waals surface area contributed by atoms with E-state index >= 15 is 0 Å². The first-order valence-electron chi connectivity index (χ1n) is 11.1. The van der Waals surface area contributed by atoms with Crippen molar-refractivity contribution in [2.24, 2.45) is 5.92 Å². The zero-order chi connectivity index (χ0) is 21.8. The van der Waals surface area contributed by atoms with Crippen LogP contribution in [0.3, 0.4) is 0 Å². The van der Waals surface area contributed by atoms with Gasteiger partial charge in [-0.2, -0.15) is 5.10 Å². The first-order valence-corrected chi connectivity index (χ1v) is 14.0. The molecule has 0 spiro atoms. The van der Waals surface area contributed by atoms with E-state index in [0.29, 0.717) is 12.0 Å². The molecule has 0 N–H and O–H groups in total. The SMILES string of the molecule is Cc1ccc(C)n1-c1cc(C(C)(C)C)nn1CC1CC(O[Si](C)(C)C(C)(C)C)C1. The Morgan fingerprint density at radius 3 is 2.07 bits per heavy atom. The molecule has 1 aliphatic rings. The number of hydrogen-bond acceptors (Lipinski definition) is 2. The second-order valence-corrected chi connectivity index (χ2v) is 16.4. The lowest BCUT2D eigenvalue weighted by Crippen LogP contribution is -2.48. The molecule has 162 valence electrons. The van der Waals surface area contributed by atoms with Gasteiger partial charge in [0, 0.05) is 35.5 Å². The molecule has 0 amide bonds. The van der Waals surface area contributed by atoms with Crippen molar-refractivity contribution in [3.8, 4) is 5.82 Å². The molecule has 2 aromatic heterocycles. The Morgan fingerprint density at radius 1 is 1.03 bits per heavy atom. The van der Waals surface area contributed by atoms with Crippen LogP contribution in [0.25, 0.3) is 5.82 Å². The van der Waals surface area contributed by atoms with Gasteiger partial charge in [-0.25, -0.2) is 4.68 Å². The van der Waals surface area contributed by atoms with Crippen LogP contribution in [0, 0.1) is 19.8 Å². The molecule has 1 saturated carbocycles. The Bertz CT molecular complexity index is 838. The van der Waals surface area contributed by atoms with Gasteiger partial charge in [0.15, 0.2) is 8.32 Å². The summed E-state index contributed by atoms with van der Waals surface area (Å²) < 4.78 is 11.2. The molecule has 0 bridgehead atoms. The van der Waals surface area contributed by atoms with Gasteiger partial charge in [0.2, 0.25) is 0 Å². The maximum atomic E-state index is 6.61. The highest BCUT2D eigenvalue weighted by Crippen LogP contribution is 2.42. The van der Waals surface area contributed by atoms with Gasteiger partial charge in [0.25, 0.3) is 0 Å². The summed E-state index contributed by atoms with van der Waals surface area (Å²) in [7, 11) is -1.68. The van der Waals surface area contributed by atoms with Crippen molar-refractivity contribution in [1.29, 1.82) is 0 Å². The third kappa shape index (κ3) is 4.56. The zero-order valence-electron chi connectivity index (χ0n) is 20.3. The summed E-state index contributed by atoms with van der Waals surface area (Å²) in [4.78, 5) is 0. The molecule has 0 saturated heterocycles. The third-order valence-corrected chi connectivity index (χ3v) is 11.5. The molecule has 0 aliphatic heterocycles. The van der Waals surface area contributed by atoms with Crippen molar-refractivity contribution in [3.63, 3.8) is 0 Å². The van der Waals surface area contributed by atoms with E-state index in [1.165, 1.54) is 17.2 Å². The molecule has 3 rings (SSSR count). The summed E-state index contributed by atoms with van der Waals surface area (Å²) in [5, 5.41) is 5.32. The second kappa shape index (κ2) is 7.42. The number of hydrogen-bond donors (Lipinski definition) is 0. The largest absolute Gasteiger partial charge is 0.414 e. The van der Waals surface area contributed by atoms with Gasteiger partial charge in [-0.05, 0) is 62.9 Å². The molecule has 2 heterocycles. The maximum Gasteiger partial charge on any atom is 0.192 e. The number of aromatic nitrogens is 3. The summed E-state index contributed by atoms with van der Waals surface area (Å²) >= 11 is 0. The highest BCUT2D eigenvalue weighted by atomic mass is 28.4. The van der Waals surface area contributed by atoms with Crippen molar-refractivity contribution < 1.29 is 4.43 Å². The van der Waals surface area contributed by atoms with Crippen molar-refractivity contribution in [1.82, 2.24) is 14.3 Å². The van der Waals surface area contributed by atoms with Gasteiger partial charge in [-0.1, -0.05) is 41.5 Å². The number of aryl methyl sites for hydroxylation is 2. The van der Waals surface area contributed by atoms with Crippen molar-refractivity contribution >= 4 is 8.32 Å². The predicted molar refractivity (Wildman–Crippen MR) is 125 cm³/mol. The van der Waals surface area contributed by atoms with Gasteiger partial charge in [-0.3, -0.25) is 0 Å². The van der Waals surface area contributed by atoms with E-state index < -0.39 is 8.32 Å². The minimum atomic E-state index is -1.68. The fourth-order valence-corrected chi connectivity index (χ4v) is 5.25. The average Bonchev–Trinajstić information content (AvgIpc) is 3.07. The Hall–Kier alpha value is -1.33. The lowest BCUT2D eigenvalue weighted by atomic mass is 9.82. The minimum Gasteiger partial charge on any atom is -0.414 e. The van der Waals surface area contributed by atoms with Crippen LogP contribution in [-0.2, 0) is 16.4 Å². The van der Waals surface area contributed by atoms with E-state index in [4.69, 9.17) is 9.52 Å². The topological polar surface area (TPSA) is 32.0 Å². The van der Waals surface area contributed by atoms with Gasteiger partial charge >= 0.3 is 0 Å². The highest BCUT2D eigenvalue weighted by molar-refractivity contribution is 6.74. The summed E-state index contributed by atoms with van der Waals surface area (Å²) in [6, 6.07) is 6.66. The van der Waals surface area contributed by atoms with Crippen LogP contribution >= 0.6 is 0 Å². The number of nitrogens with zero attached hydrogens (tertiary/aromatic N) is 3. The van der Waals surface area contributed by atoms with Crippen LogP contribution in [-0.4, -0.2) is 28.8 Å². The molecular formula is C24H41N3OSi. The van der Waals surface area contributed by atoms with E-state index in [-0.39, 0.29) is 10.5 Å². The summed E-state index contributed by atoms with van der Waals surface area (Å²) in [5.74, 6) is 1.84. The van der Waals surface area contributed by atoms with Crippen molar-refractivity contribution in [2.75, 3.05) is 0 Å². The van der Waals surface area contributed by atoms with Crippen LogP contribution in [0.1, 0.15) is 71.5 Å². The Morgan fingerprint density at radius 2 is 1.59 bits per heavy atom. The monoisotopic (exact) mass is 415 g/mol. The molecule has 1 fully saturated rings. The second-order valence-electron chi connectivity index (χ2n) is 11.6. The molecule has 29 heavy (non-hydrogen) atoms. The van der Waals surface area contributed by atoms with E-state index in [1.807, 2.05) is 0 Å². The first-order chi connectivity index (χ1) is 13.2. The van der Waals surface area contributed by atoms with Crippen LogP contribution in [0.15, 0.2) is 18.2 Å². The summed E-state index contributed by atoms with van der Waals surface area (Å²) in [5.41, 5.74) is 3.73. The van der Waals surface area contributed by atoms with Crippen molar-refractivity contribution in [2.45, 2.75) is 104 Å². The number of rotatable bonds is 5. The smallest absolute Gasteiger partial charge is 0.192 e. The molecule has 1 aliphatic carbocycles. The predicted octanol–water partition coefficient (Wildman–Crippen LogP) is 6.39. The van der Waals surface area contributed by atoms with Crippen LogP contribution in [0.5, 0.6) is 0 Å². The fraction of sp³-hybridized carbons (Fsp3) is 0.708. The summed E-state index contributed by atoms with van der Waals surface area (Å²) in [6.07, 6.45) is 2.73. The third-order valence-electron chi connectivity index (χ3n) is 6.92. The van der Waals surface area contributed by atoms with Crippen LogP contribution in [0.4, 0.5) is 0 Å². The van der Waals surface area contributed by atoms with E-state index in [0.717, 1.165) is 25.1 Å². The lowest BCUT2D eigenvalue weighted by molar-refractivity contribution is 0.0428. The molecule has 0 radical (unpaired) electrons. The lowest BCUT2D eigenvalue weighted by Gasteiger charge is -2.45. The molecule has 2 aromatic rings. The molecule has 0 aromatic carbocycles. The zero-order valence-corrected chi connectivity index (χ0v) is 21.3. The molecule has 4 nitrogen and oxygen atoms in total. The highest BCUT2D eigenvalue weighted by Gasteiger charge is 2.42. The molecular weight excluding hydrogens is 374 g/mol. The average molecular weight is 416 g/mol. The van der Waals surface area contributed by atoms with Gasteiger partial charge in [0.1, 0.15) is 5.82 Å². The normalized spacial score (nSPS) is 20.8. The van der Waals surface area contributed by atoms with E-state index in [2.05, 4.69) is 95.9 Å².